The van der Waals surface area contributed by atoms with Crippen LogP contribution in [0.2, 0.25) is 0 Å². The van der Waals surface area contributed by atoms with Crippen LogP contribution in [0.25, 0.3) is 120 Å². The Bertz CT molecular complexity index is 3220. The van der Waals surface area contributed by atoms with Crippen LogP contribution in [0.3, 0.4) is 0 Å². The number of benzene rings is 10. The van der Waals surface area contributed by atoms with E-state index in [1.807, 2.05) is 0 Å². The van der Waals surface area contributed by atoms with E-state index in [0.29, 0.717) is 0 Å². The van der Waals surface area contributed by atoms with Crippen molar-refractivity contribution >= 4 is 75.4 Å². The van der Waals surface area contributed by atoms with Crippen LogP contribution in [-0.4, -0.2) is 13.1 Å². The van der Waals surface area contributed by atoms with Gasteiger partial charge in [-0.3, -0.25) is 0 Å². The molecule has 0 atom stereocenters. The minimum atomic E-state index is 0.722. The molecule has 4 nitrogen and oxygen atoms in total. The van der Waals surface area contributed by atoms with Gasteiger partial charge in [0.1, 0.15) is 0 Å². The van der Waals surface area contributed by atoms with E-state index in [1.165, 1.54) is 184 Å². The van der Waals surface area contributed by atoms with Crippen LogP contribution in [0.15, 0.2) is 121 Å². The van der Waals surface area contributed by atoms with Crippen LogP contribution >= 0.6 is 0 Å². The van der Waals surface area contributed by atoms with E-state index < -0.39 is 0 Å². The fourth-order valence-electron chi connectivity index (χ4n) is 11.6. The Kier molecular flexibility index (Phi) is 10.1. The SMILES string of the molecule is CCCCCCCCNOc1cc2c(cc1ONCCCCCCCC)-c1ccc3c4ccc5c6c(ccc(c7ccc-2c1c73)c64)-c1cc2c3ccccc3c3ccccc3c2cc1-5. The predicted octanol–water partition coefficient (Wildman–Crippen LogP) is 17.0. The van der Waals surface area contributed by atoms with Gasteiger partial charge in [-0.05, 0) is 157 Å². The van der Waals surface area contributed by atoms with Crippen molar-refractivity contribution in [1.29, 1.82) is 0 Å². The molecule has 0 amide bonds. The van der Waals surface area contributed by atoms with E-state index in [-0.39, 0.29) is 0 Å². The molecule has 0 saturated heterocycles. The molecule has 0 bridgehead atoms. The predicted molar refractivity (Wildman–Crippen MR) is 273 cm³/mol. The third kappa shape index (κ3) is 6.25. The van der Waals surface area contributed by atoms with Gasteiger partial charge >= 0.3 is 0 Å². The Hall–Kier alpha value is -6.20. The van der Waals surface area contributed by atoms with Gasteiger partial charge in [0.25, 0.3) is 0 Å². The van der Waals surface area contributed by atoms with Crippen molar-refractivity contribution in [2.45, 2.75) is 90.9 Å². The minimum Gasteiger partial charge on any atom is -0.405 e. The lowest BCUT2D eigenvalue weighted by atomic mass is 9.86. The minimum absolute atomic E-state index is 0.722. The molecule has 2 aliphatic rings. The zero-order valence-corrected chi connectivity index (χ0v) is 37.3. The van der Waals surface area contributed by atoms with E-state index in [9.17, 15) is 0 Å². The number of hydrogen-bond acceptors (Lipinski definition) is 4. The lowest BCUT2D eigenvalue weighted by molar-refractivity contribution is 0.153. The van der Waals surface area contributed by atoms with E-state index in [1.54, 1.807) is 0 Å². The van der Waals surface area contributed by atoms with Gasteiger partial charge in [-0.2, -0.15) is 11.0 Å². The van der Waals surface area contributed by atoms with Gasteiger partial charge in [0.05, 0.1) is 0 Å². The zero-order chi connectivity index (χ0) is 42.7. The standard InChI is InChI=1S/C60H56N2O2/c1-3-5-7-9-11-17-31-61-63-55-35-53-47-29-25-43-41-23-27-45-51-33-49-39-21-15-13-19-37(39)38-20-14-16-22-40(38)50(49)34-52(51)46-28-24-42(57(41)59(45)46)44-26-30-48(60(47)58(43)44)54(53)36-56(55)64-62-32-18-12-10-8-6-4-2/h13-16,19-30,33-36,61-62H,3-12,17-18,31-32H2,1-2H3. The van der Waals surface area contributed by atoms with Crippen LogP contribution in [-0.2, 0) is 0 Å². The van der Waals surface area contributed by atoms with Crippen molar-refractivity contribution in [3.63, 3.8) is 0 Å². The van der Waals surface area contributed by atoms with E-state index in [0.717, 1.165) is 37.4 Å². The lowest BCUT2D eigenvalue weighted by Crippen LogP contribution is -2.23. The van der Waals surface area contributed by atoms with E-state index in [4.69, 9.17) is 9.68 Å². The van der Waals surface area contributed by atoms with Crippen molar-refractivity contribution in [2.24, 2.45) is 0 Å². The maximum absolute atomic E-state index is 6.38. The fraction of sp³-hybridized carbons (Fsp3) is 0.267. The largest absolute Gasteiger partial charge is 0.405 e. The molecule has 64 heavy (non-hydrogen) atoms. The first-order valence-electron chi connectivity index (χ1n) is 24.3. The topological polar surface area (TPSA) is 42.5 Å². The van der Waals surface area contributed by atoms with Crippen molar-refractivity contribution in [3.05, 3.63) is 121 Å². The quantitative estimate of drug-likeness (QED) is 0.0391. The average Bonchev–Trinajstić information content (AvgIpc) is 3.83. The van der Waals surface area contributed by atoms with Crippen LogP contribution in [0.4, 0.5) is 0 Å². The molecular weight excluding hydrogens is 781 g/mol. The van der Waals surface area contributed by atoms with Crippen molar-refractivity contribution in [2.75, 3.05) is 13.1 Å². The summed E-state index contributed by atoms with van der Waals surface area (Å²) >= 11 is 0. The highest BCUT2D eigenvalue weighted by atomic mass is 16.7. The molecule has 2 N–H and O–H groups in total. The normalized spacial score (nSPS) is 12.6. The van der Waals surface area contributed by atoms with Crippen LogP contribution in [0.1, 0.15) is 90.9 Å². The van der Waals surface area contributed by atoms with E-state index >= 15 is 0 Å². The summed E-state index contributed by atoms with van der Waals surface area (Å²) < 4.78 is 0. The summed E-state index contributed by atoms with van der Waals surface area (Å²) in [7, 11) is 0. The Balaban J connectivity index is 0.942. The molecule has 0 spiro atoms. The van der Waals surface area contributed by atoms with Crippen LogP contribution in [0, 0.1) is 0 Å². The second-order valence-corrected chi connectivity index (χ2v) is 18.6. The smallest absolute Gasteiger partial charge is 0.192 e. The molecule has 0 heterocycles. The van der Waals surface area contributed by atoms with Gasteiger partial charge < -0.3 is 9.68 Å². The number of hydroxylamine groups is 2. The van der Waals surface area contributed by atoms with Crippen molar-refractivity contribution < 1.29 is 9.68 Å². The molecule has 0 aliphatic heterocycles. The average molecular weight is 837 g/mol. The third-order valence-electron chi connectivity index (χ3n) is 14.7. The maximum Gasteiger partial charge on any atom is 0.192 e. The Morgan fingerprint density at radius 3 is 1.00 bits per heavy atom. The Labute approximate surface area is 375 Å². The monoisotopic (exact) mass is 836 g/mol. The summed E-state index contributed by atoms with van der Waals surface area (Å²) in [6, 6.07) is 46.3. The first kappa shape index (κ1) is 39.4. The first-order valence-corrected chi connectivity index (χ1v) is 24.3. The molecule has 0 unspecified atom stereocenters. The number of hydrogen-bond donors (Lipinski definition) is 2. The van der Waals surface area contributed by atoms with Gasteiger partial charge in [0, 0.05) is 13.1 Å². The molecule has 318 valence electrons. The summed E-state index contributed by atoms with van der Waals surface area (Å²) in [6.07, 6.45) is 14.9. The van der Waals surface area contributed by atoms with Gasteiger partial charge in [-0.15, -0.1) is 0 Å². The fourth-order valence-corrected chi connectivity index (χ4v) is 11.6. The first-order chi connectivity index (χ1) is 31.7. The Morgan fingerprint density at radius 1 is 0.297 bits per heavy atom. The van der Waals surface area contributed by atoms with Crippen LogP contribution < -0.4 is 20.6 Å². The summed E-state index contributed by atoms with van der Waals surface area (Å²) in [4.78, 5) is 12.8. The summed E-state index contributed by atoms with van der Waals surface area (Å²) in [5.74, 6) is 1.44. The molecule has 2 aliphatic carbocycles. The highest BCUT2D eigenvalue weighted by Crippen LogP contribution is 2.57. The number of fused-ring (bicyclic) bond motifs is 14. The molecule has 0 radical (unpaired) electrons. The maximum atomic E-state index is 6.38. The second-order valence-electron chi connectivity index (χ2n) is 18.6. The third-order valence-corrected chi connectivity index (χ3v) is 14.7. The van der Waals surface area contributed by atoms with Gasteiger partial charge in [0.15, 0.2) is 11.5 Å². The molecule has 0 fully saturated rings. The summed E-state index contributed by atoms with van der Waals surface area (Å²) in [6.45, 7) is 6.15. The molecule has 10 aromatic rings. The van der Waals surface area contributed by atoms with Crippen molar-refractivity contribution in [3.8, 4) is 56.0 Å². The zero-order valence-electron chi connectivity index (χ0n) is 37.3. The van der Waals surface area contributed by atoms with Crippen molar-refractivity contribution in [1.82, 2.24) is 11.0 Å². The molecule has 10 aromatic carbocycles. The highest BCUT2D eigenvalue weighted by Gasteiger charge is 2.30. The van der Waals surface area contributed by atoms with Crippen LogP contribution in [0.5, 0.6) is 11.5 Å². The molecule has 4 heteroatoms. The second kappa shape index (κ2) is 16.4. The number of nitrogens with one attached hydrogen (secondary N) is 2. The van der Waals surface area contributed by atoms with E-state index in [2.05, 4.69) is 146 Å². The number of rotatable bonds is 18. The summed E-state index contributed by atoms with van der Waals surface area (Å²) in [5.41, 5.74) is 16.8. The Morgan fingerprint density at radius 2 is 0.625 bits per heavy atom. The number of unbranched alkanes of at least 4 members (excludes halogenated alkanes) is 10. The van der Waals surface area contributed by atoms with Gasteiger partial charge in [-0.25, -0.2) is 0 Å². The summed E-state index contributed by atoms with van der Waals surface area (Å²) in [5, 5.41) is 18.6. The lowest BCUT2D eigenvalue weighted by Gasteiger charge is -2.16. The van der Waals surface area contributed by atoms with Gasteiger partial charge in [0.2, 0.25) is 0 Å². The molecular formula is C60H56N2O2. The van der Waals surface area contributed by atoms with Gasteiger partial charge in [-0.1, -0.05) is 175 Å². The molecule has 0 saturated carbocycles. The molecule has 0 aromatic heterocycles. The highest BCUT2D eigenvalue weighted by molar-refractivity contribution is 6.40. The molecule has 12 rings (SSSR count).